The van der Waals surface area contributed by atoms with Gasteiger partial charge >= 0.3 is 5.97 Å². The molecule has 1 heterocycles. The first kappa shape index (κ1) is 12.9. The van der Waals surface area contributed by atoms with Crippen molar-refractivity contribution >= 4 is 23.1 Å². The molecule has 0 unspecified atom stereocenters. The predicted molar refractivity (Wildman–Crippen MR) is 76.1 cm³/mol. The van der Waals surface area contributed by atoms with Crippen molar-refractivity contribution in [2.24, 2.45) is 10.2 Å². The molecule has 3 rings (SSSR count). The van der Waals surface area contributed by atoms with Crippen LogP contribution in [0.4, 0.5) is 11.4 Å². The highest BCUT2D eigenvalue weighted by Crippen LogP contribution is 2.33. The van der Waals surface area contributed by atoms with Crippen molar-refractivity contribution in [2.45, 2.75) is 0 Å². The van der Waals surface area contributed by atoms with Crippen molar-refractivity contribution in [3.8, 4) is 0 Å². The molecule has 0 radical (unpaired) electrons. The summed E-state index contributed by atoms with van der Waals surface area (Å²) < 4.78 is 4.67. The fourth-order valence-corrected chi connectivity index (χ4v) is 2.03. The fourth-order valence-electron chi connectivity index (χ4n) is 2.03. The van der Waals surface area contributed by atoms with Gasteiger partial charge in [-0.1, -0.05) is 18.7 Å². The lowest BCUT2D eigenvalue weighted by molar-refractivity contribution is 0.0664. The normalized spacial score (nSPS) is 11.2. The molecule has 0 saturated heterocycles. The van der Waals surface area contributed by atoms with Gasteiger partial charge in [-0.05, 0) is 30.3 Å². The van der Waals surface area contributed by atoms with Crippen LogP contribution in [0.15, 0.2) is 65.5 Å². The molecule has 21 heavy (non-hydrogen) atoms. The van der Waals surface area contributed by atoms with E-state index in [4.69, 9.17) is 0 Å². The molecule has 2 bridgehead atoms. The first-order chi connectivity index (χ1) is 10.2. The molecule has 5 heteroatoms. The third kappa shape index (κ3) is 2.36. The van der Waals surface area contributed by atoms with Crippen LogP contribution >= 0.6 is 0 Å². The number of esters is 1. The summed E-state index contributed by atoms with van der Waals surface area (Å²) in [4.78, 5) is 23.9. The molecule has 2 aromatic rings. The Hall–Kier alpha value is -3.08. The minimum atomic E-state index is -0.513. The second kappa shape index (κ2) is 5.13. The molecule has 1 aliphatic heterocycles. The zero-order valence-electron chi connectivity index (χ0n) is 10.9. The van der Waals surface area contributed by atoms with Gasteiger partial charge in [0.05, 0.1) is 28.8 Å². The maximum Gasteiger partial charge on any atom is 0.342 e. The van der Waals surface area contributed by atoms with Crippen LogP contribution in [0.2, 0.25) is 0 Å². The summed E-state index contributed by atoms with van der Waals surface area (Å²) in [5, 5.41) is 7.84. The lowest BCUT2D eigenvalue weighted by atomic mass is 10.0. The van der Waals surface area contributed by atoms with E-state index < -0.39 is 5.97 Å². The Balaban J connectivity index is 1.88. The van der Waals surface area contributed by atoms with Gasteiger partial charge in [-0.15, -0.1) is 5.11 Å². The minimum absolute atomic E-state index is 0.166. The molecule has 2 aromatic carbocycles. The van der Waals surface area contributed by atoms with E-state index in [-0.39, 0.29) is 5.78 Å². The number of hydrogen-bond donors (Lipinski definition) is 0. The Morgan fingerprint density at radius 1 is 1.00 bits per heavy atom. The predicted octanol–water partition coefficient (Wildman–Crippen LogP) is 3.95. The highest BCUT2D eigenvalue weighted by atomic mass is 16.5. The average molecular weight is 278 g/mol. The Kier molecular flexibility index (Phi) is 3.16. The first-order valence-corrected chi connectivity index (χ1v) is 6.21. The molecule has 0 amide bonds. The van der Waals surface area contributed by atoms with E-state index in [1.165, 1.54) is 12.1 Å². The number of hydrogen-bond acceptors (Lipinski definition) is 5. The third-order valence-electron chi connectivity index (χ3n) is 3.07. The van der Waals surface area contributed by atoms with E-state index in [1.54, 1.807) is 30.3 Å². The van der Waals surface area contributed by atoms with Crippen LogP contribution in [0.3, 0.4) is 0 Å². The second-order valence-electron chi connectivity index (χ2n) is 4.38. The molecule has 0 saturated carbocycles. The lowest BCUT2D eigenvalue weighted by Gasteiger charge is -2.04. The smallest absolute Gasteiger partial charge is 0.342 e. The molecular formula is C16H10N2O3. The van der Waals surface area contributed by atoms with E-state index >= 15 is 0 Å². The quantitative estimate of drug-likeness (QED) is 0.412. The van der Waals surface area contributed by atoms with Gasteiger partial charge < -0.3 is 4.74 Å². The monoisotopic (exact) mass is 278 g/mol. The van der Waals surface area contributed by atoms with E-state index in [0.29, 0.717) is 22.4 Å². The number of rotatable bonds is 4. The molecular weight excluding hydrogens is 268 g/mol. The summed E-state index contributed by atoms with van der Waals surface area (Å²) in [5.74, 6) is -0.679. The SMILES string of the molecule is C=COC(=O)c1ccc(C(=O)c2ccc3cc2N=N3)cc1. The Bertz CT molecular complexity index is 777. The van der Waals surface area contributed by atoms with Crippen LogP contribution in [0.5, 0.6) is 0 Å². The van der Waals surface area contributed by atoms with Crippen LogP contribution in [-0.2, 0) is 4.74 Å². The zero-order valence-corrected chi connectivity index (χ0v) is 10.9. The van der Waals surface area contributed by atoms with Gasteiger partial charge in [0, 0.05) is 5.56 Å². The highest BCUT2D eigenvalue weighted by molar-refractivity contribution is 6.12. The Morgan fingerprint density at radius 2 is 1.71 bits per heavy atom. The van der Waals surface area contributed by atoms with Gasteiger partial charge in [0.15, 0.2) is 5.78 Å². The summed E-state index contributed by atoms with van der Waals surface area (Å²) in [6.07, 6.45) is 1.07. The van der Waals surface area contributed by atoms with Crippen molar-refractivity contribution in [1.82, 2.24) is 0 Å². The number of azo groups is 1. The number of benzene rings is 2. The molecule has 5 nitrogen and oxygen atoms in total. The van der Waals surface area contributed by atoms with Gasteiger partial charge in [0.25, 0.3) is 0 Å². The van der Waals surface area contributed by atoms with Gasteiger partial charge in [-0.25, -0.2) is 4.79 Å². The molecule has 0 aliphatic carbocycles. The van der Waals surface area contributed by atoms with E-state index in [1.807, 2.05) is 0 Å². The standard InChI is InChI=1S/C16H10N2O3/c1-2-21-16(20)11-5-3-10(4-6-11)15(19)13-8-7-12-9-14(13)18-17-12/h2-9H,1H2. The maximum absolute atomic E-state index is 12.4. The summed E-state index contributed by atoms with van der Waals surface area (Å²) >= 11 is 0. The number of carbonyl (C=O) groups is 2. The molecule has 1 aliphatic rings. The number of ether oxygens (including phenoxy) is 1. The van der Waals surface area contributed by atoms with Crippen molar-refractivity contribution in [2.75, 3.05) is 0 Å². The van der Waals surface area contributed by atoms with E-state index in [0.717, 1.165) is 11.9 Å². The van der Waals surface area contributed by atoms with E-state index in [9.17, 15) is 9.59 Å². The van der Waals surface area contributed by atoms with Crippen molar-refractivity contribution in [1.29, 1.82) is 0 Å². The topological polar surface area (TPSA) is 68.1 Å². The molecule has 102 valence electrons. The molecule has 0 aromatic heterocycles. The van der Waals surface area contributed by atoms with Crippen LogP contribution in [0.25, 0.3) is 0 Å². The van der Waals surface area contributed by atoms with Gasteiger partial charge in [-0.3, -0.25) is 4.79 Å². The van der Waals surface area contributed by atoms with Crippen LogP contribution in [0, 0.1) is 0 Å². The summed E-state index contributed by atoms with van der Waals surface area (Å²) in [6.45, 7) is 3.32. The number of nitrogens with zero attached hydrogens (tertiary/aromatic N) is 2. The highest BCUT2D eigenvalue weighted by Gasteiger charge is 2.17. The van der Waals surface area contributed by atoms with Crippen molar-refractivity contribution in [3.05, 3.63) is 72.0 Å². The van der Waals surface area contributed by atoms with Gasteiger partial charge in [0.2, 0.25) is 0 Å². The Morgan fingerprint density at radius 3 is 2.43 bits per heavy atom. The summed E-state index contributed by atoms with van der Waals surface area (Å²) in [6, 6.07) is 11.4. The van der Waals surface area contributed by atoms with Crippen LogP contribution in [0.1, 0.15) is 26.3 Å². The average Bonchev–Trinajstić information content (AvgIpc) is 2.88. The zero-order chi connectivity index (χ0) is 14.8. The van der Waals surface area contributed by atoms with Gasteiger partial charge in [-0.2, -0.15) is 5.11 Å². The lowest BCUT2D eigenvalue weighted by Crippen LogP contribution is -2.04. The largest absolute Gasteiger partial charge is 0.432 e. The third-order valence-corrected chi connectivity index (χ3v) is 3.07. The summed E-state index contributed by atoms with van der Waals surface area (Å²) in [7, 11) is 0. The maximum atomic E-state index is 12.4. The fraction of sp³-hybridized carbons (Fsp3) is 0. The molecule has 0 spiro atoms. The number of fused-ring (bicyclic) bond motifs is 2. The van der Waals surface area contributed by atoms with Crippen LogP contribution in [-0.4, -0.2) is 11.8 Å². The van der Waals surface area contributed by atoms with Gasteiger partial charge in [0.1, 0.15) is 0 Å². The van der Waals surface area contributed by atoms with Crippen LogP contribution < -0.4 is 0 Å². The Labute approximate surface area is 120 Å². The van der Waals surface area contributed by atoms with Crippen molar-refractivity contribution < 1.29 is 14.3 Å². The number of ketones is 1. The molecule has 0 atom stereocenters. The second-order valence-corrected chi connectivity index (χ2v) is 4.38. The van der Waals surface area contributed by atoms with Crippen molar-refractivity contribution in [3.63, 3.8) is 0 Å². The summed E-state index contributed by atoms with van der Waals surface area (Å²) in [5.41, 5.74) is 2.61. The van der Waals surface area contributed by atoms with E-state index in [2.05, 4.69) is 21.5 Å². The molecule has 0 N–H and O–H groups in total. The minimum Gasteiger partial charge on any atom is -0.432 e. The molecule has 0 fully saturated rings. The first-order valence-electron chi connectivity index (χ1n) is 6.21. The number of carbonyl (C=O) groups excluding carboxylic acids is 2.